The minimum Gasteiger partial charge on any atom is -0.370 e. The molecule has 10 heteroatoms. The third-order valence-electron chi connectivity index (χ3n) is 4.15. The monoisotopic (exact) mass is 379 g/mol. The van der Waals surface area contributed by atoms with Gasteiger partial charge in [-0.15, -0.1) is 0 Å². The van der Waals surface area contributed by atoms with E-state index in [4.69, 9.17) is 10.5 Å². The van der Waals surface area contributed by atoms with E-state index in [0.717, 1.165) is 5.56 Å². The lowest BCUT2D eigenvalue weighted by molar-refractivity contribution is -0.117. The van der Waals surface area contributed by atoms with Gasteiger partial charge in [0, 0.05) is 39.0 Å². The molecule has 0 aromatic carbocycles. The van der Waals surface area contributed by atoms with Crippen LogP contribution in [-0.2, 0) is 33.0 Å². The van der Waals surface area contributed by atoms with Crippen molar-refractivity contribution in [3.8, 4) is 0 Å². The number of hydrogen-bond donors (Lipinski definition) is 1. The number of aryl methyl sites for hydroxylation is 2. The maximum absolute atomic E-state index is 12.7. The highest BCUT2D eigenvalue weighted by Crippen LogP contribution is 2.25. The Morgan fingerprint density at radius 2 is 2.19 bits per heavy atom. The number of nitrogens with zero attached hydrogens (tertiary/aromatic N) is 4. The van der Waals surface area contributed by atoms with Crippen molar-refractivity contribution >= 4 is 15.9 Å². The van der Waals surface area contributed by atoms with Crippen LogP contribution in [0.25, 0.3) is 0 Å². The summed E-state index contributed by atoms with van der Waals surface area (Å²) in [5, 5.41) is 0.0235. The highest BCUT2D eigenvalue weighted by Gasteiger charge is 2.33. The number of primary amides is 1. The number of carbonyl (C=O) groups excluding carboxylic acids is 1. The summed E-state index contributed by atoms with van der Waals surface area (Å²) < 4.78 is 34.1. The normalized spacial score (nSPS) is 18.7. The largest absolute Gasteiger partial charge is 0.370 e. The summed E-state index contributed by atoms with van der Waals surface area (Å²) in [6, 6.07) is 3.64. The van der Waals surface area contributed by atoms with Crippen LogP contribution in [0.4, 0.5) is 0 Å². The second-order valence-electron chi connectivity index (χ2n) is 6.16. The maximum atomic E-state index is 12.7. The number of amides is 1. The molecule has 2 aromatic heterocycles. The third-order valence-corrected chi connectivity index (χ3v) is 5.90. The van der Waals surface area contributed by atoms with Gasteiger partial charge in [-0.2, -0.15) is 4.31 Å². The van der Waals surface area contributed by atoms with E-state index in [2.05, 4.69) is 9.97 Å². The molecule has 0 radical (unpaired) electrons. The lowest BCUT2D eigenvalue weighted by Gasteiger charge is -2.31. The first kappa shape index (κ1) is 18.5. The molecule has 2 aromatic rings. The smallest absolute Gasteiger partial charge is 0.262 e. The van der Waals surface area contributed by atoms with Crippen molar-refractivity contribution in [2.45, 2.75) is 24.0 Å². The molecule has 0 bridgehead atoms. The summed E-state index contributed by atoms with van der Waals surface area (Å²) in [5.41, 5.74) is 6.68. The second kappa shape index (κ2) is 7.52. The van der Waals surface area contributed by atoms with Crippen LogP contribution in [0, 0.1) is 0 Å². The molecule has 1 amide bonds. The Morgan fingerprint density at radius 3 is 2.81 bits per heavy atom. The number of nitrogens with two attached hydrogens (primary N) is 1. The number of sulfonamides is 1. The molecule has 1 unspecified atom stereocenters. The molecule has 0 spiro atoms. The van der Waals surface area contributed by atoms with Gasteiger partial charge in [-0.3, -0.25) is 9.78 Å². The quantitative estimate of drug-likeness (QED) is 0.754. The van der Waals surface area contributed by atoms with Gasteiger partial charge < -0.3 is 15.0 Å². The standard InChI is InChI=1S/C16H21N5O4S/c1-20-10-16(19-11-20)26(23,24)21-6-7-25-14(9-21)13-4-2-12(8-18-13)3-5-15(17)22/h2,4,8,10-11,14H,3,5-7,9H2,1H3,(H2,17,22). The van der Waals surface area contributed by atoms with Gasteiger partial charge in [0.2, 0.25) is 5.91 Å². The van der Waals surface area contributed by atoms with Gasteiger partial charge in [0.05, 0.1) is 18.6 Å². The van der Waals surface area contributed by atoms with Gasteiger partial charge in [-0.25, -0.2) is 13.4 Å². The Bertz CT molecular complexity index is 878. The summed E-state index contributed by atoms with van der Waals surface area (Å²) in [7, 11) is -1.95. The minimum atomic E-state index is -3.67. The molecule has 9 nitrogen and oxygen atoms in total. The van der Waals surface area contributed by atoms with Crippen molar-refractivity contribution < 1.29 is 17.9 Å². The van der Waals surface area contributed by atoms with Gasteiger partial charge in [-0.05, 0) is 18.1 Å². The van der Waals surface area contributed by atoms with Crippen molar-refractivity contribution in [2.24, 2.45) is 12.8 Å². The minimum absolute atomic E-state index is 0.0235. The topological polar surface area (TPSA) is 120 Å². The Hall–Kier alpha value is -2.30. The molecule has 1 saturated heterocycles. The molecule has 2 N–H and O–H groups in total. The predicted molar refractivity (Wildman–Crippen MR) is 92.4 cm³/mol. The zero-order valence-electron chi connectivity index (χ0n) is 14.4. The Morgan fingerprint density at radius 1 is 1.38 bits per heavy atom. The summed E-state index contributed by atoms with van der Waals surface area (Å²) >= 11 is 0. The molecule has 0 saturated carbocycles. The van der Waals surface area contributed by atoms with Crippen molar-refractivity contribution in [1.29, 1.82) is 0 Å². The number of ether oxygens (including phenoxy) is 1. The SMILES string of the molecule is Cn1cnc(S(=O)(=O)N2CCOC(c3ccc(CCC(N)=O)cn3)C2)c1. The lowest BCUT2D eigenvalue weighted by Crippen LogP contribution is -2.42. The molecule has 0 aliphatic carbocycles. The van der Waals surface area contributed by atoms with Gasteiger partial charge in [0.25, 0.3) is 10.0 Å². The Kier molecular flexibility index (Phi) is 5.35. The zero-order valence-corrected chi connectivity index (χ0v) is 15.2. The molecule has 1 fully saturated rings. The maximum Gasteiger partial charge on any atom is 0.262 e. The van der Waals surface area contributed by atoms with Gasteiger partial charge >= 0.3 is 0 Å². The number of aromatic nitrogens is 3. The number of hydrogen-bond acceptors (Lipinski definition) is 6. The number of pyridine rings is 1. The molecule has 1 atom stereocenters. The van der Waals surface area contributed by atoms with E-state index < -0.39 is 16.1 Å². The first-order valence-electron chi connectivity index (χ1n) is 8.19. The molecular weight excluding hydrogens is 358 g/mol. The van der Waals surface area contributed by atoms with Crippen LogP contribution in [0.15, 0.2) is 35.9 Å². The van der Waals surface area contributed by atoms with Crippen LogP contribution >= 0.6 is 0 Å². The molecular formula is C16H21N5O4S. The number of carbonyl (C=O) groups is 1. The van der Waals surface area contributed by atoms with Crippen LogP contribution in [0.1, 0.15) is 23.8 Å². The fourth-order valence-corrected chi connectivity index (χ4v) is 4.11. The molecule has 1 aliphatic rings. The van der Waals surface area contributed by atoms with E-state index in [-0.39, 0.29) is 37.1 Å². The zero-order chi connectivity index (χ0) is 18.7. The highest BCUT2D eigenvalue weighted by atomic mass is 32.2. The third kappa shape index (κ3) is 4.09. The van der Waals surface area contributed by atoms with Crippen LogP contribution in [0.5, 0.6) is 0 Å². The molecule has 3 heterocycles. The average molecular weight is 379 g/mol. The van der Waals surface area contributed by atoms with Crippen LogP contribution in [0.2, 0.25) is 0 Å². The van der Waals surface area contributed by atoms with Crippen molar-refractivity contribution in [1.82, 2.24) is 18.8 Å². The number of imidazole rings is 1. The van der Waals surface area contributed by atoms with Gasteiger partial charge in [0.1, 0.15) is 6.10 Å². The molecule has 26 heavy (non-hydrogen) atoms. The van der Waals surface area contributed by atoms with E-state index in [0.29, 0.717) is 12.1 Å². The molecule has 140 valence electrons. The first-order chi connectivity index (χ1) is 12.4. The molecule has 3 rings (SSSR count). The van der Waals surface area contributed by atoms with E-state index >= 15 is 0 Å². The number of rotatable bonds is 6. The van der Waals surface area contributed by atoms with Gasteiger partial charge in [0.15, 0.2) is 5.03 Å². The summed E-state index contributed by atoms with van der Waals surface area (Å²) in [6.07, 6.45) is 4.93. The fourth-order valence-electron chi connectivity index (χ4n) is 2.72. The lowest BCUT2D eigenvalue weighted by atomic mass is 10.1. The van der Waals surface area contributed by atoms with Gasteiger partial charge in [-0.1, -0.05) is 6.07 Å². The van der Waals surface area contributed by atoms with Crippen molar-refractivity contribution in [2.75, 3.05) is 19.7 Å². The van der Waals surface area contributed by atoms with E-state index in [9.17, 15) is 13.2 Å². The molecule has 1 aliphatic heterocycles. The predicted octanol–water partition coefficient (Wildman–Crippen LogP) is -0.00480. The van der Waals surface area contributed by atoms with E-state index in [1.807, 2.05) is 6.07 Å². The Labute approximate surface area is 151 Å². The highest BCUT2D eigenvalue weighted by molar-refractivity contribution is 7.89. The number of morpholine rings is 1. The first-order valence-corrected chi connectivity index (χ1v) is 9.63. The summed E-state index contributed by atoms with van der Waals surface area (Å²) in [6.45, 7) is 0.723. The summed E-state index contributed by atoms with van der Waals surface area (Å²) in [5.74, 6) is -0.361. The van der Waals surface area contributed by atoms with E-state index in [1.165, 1.54) is 16.8 Å². The van der Waals surface area contributed by atoms with E-state index in [1.54, 1.807) is 23.9 Å². The fraction of sp³-hybridized carbons (Fsp3) is 0.438. The second-order valence-corrected chi connectivity index (χ2v) is 8.04. The average Bonchev–Trinajstić information content (AvgIpc) is 3.08. The van der Waals surface area contributed by atoms with Crippen LogP contribution < -0.4 is 5.73 Å². The van der Waals surface area contributed by atoms with Crippen LogP contribution in [-0.4, -0.2) is 52.9 Å². The Balaban J connectivity index is 1.71. The summed E-state index contributed by atoms with van der Waals surface area (Å²) in [4.78, 5) is 19.1. The van der Waals surface area contributed by atoms with Crippen molar-refractivity contribution in [3.63, 3.8) is 0 Å². The van der Waals surface area contributed by atoms with Crippen molar-refractivity contribution in [3.05, 3.63) is 42.1 Å². The van der Waals surface area contributed by atoms with Crippen LogP contribution in [0.3, 0.4) is 0 Å².